The van der Waals surface area contributed by atoms with Gasteiger partial charge in [0, 0.05) is 42.6 Å². The lowest BCUT2D eigenvalue weighted by Gasteiger charge is -2.34. The van der Waals surface area contributed by atoms with E-state index in [1.165, 1.54) is 0 Å². The van der Waals surface area contributed by atoms with Gasteiger partial charge in [-0.25, -0.2) is 4.98 Å². The summed E-state index contributed by atoms with van der Waals surface area (Å²) in [6.45, 7) is 1.38. The predicted molar refractivity (Wildman–Crippen MR) is 101 cm³/mol. The van der Waals surface area contributed by atoms with Crippen LogP contribution in [-0.2, 0) is 0 Å². The van der Waals surface area contributed by atoms with Gasteiger partial charge in [-0.2, -0.15) is 0 Å². The number of carbonyl (C=O) groups is 1. The Bertz CT molecular complexity index is 781. The Kier molecular flexibility index (Phi) is 5.46. The number of piperidine rings is 1. The van der Waals surface area contributed by atoms with Crippen molar-refractivity contribution in [1.29, 1.82) is 0 Å². The highest BCUT2D eigenvalue weighted by atomic mass is 16.5. The van der Waals surface area contributed by atoms with Gasteiger partial charge in [-0.05, 0) is 37.1 Å². The molecule has 1 saturated heterocycles. The molecule has 1 aromatic carbocycles. The molecule has 2 aromatic rings. The number of ether oxygens (including phenoxy) is 2. The van der Waals surface area contributed by atoms with E-state index in [2.05, 4.69) is 10.3 Å². The Morgan fingerprint density at radius 1 is 1.23 bits per heavy atom. The molecule has 0 saturated carbocycles. The van der Waals surface area contributed by atoms with Crippen LogP contribution in [0.15, 0.2) is 36.5 Å². The molecule has 0 radical (unpaired) electrons. The topological polar surface area (TPSA) is 89.7 Å². The van der Waals surface area contributed by atoms with E-state index in [1.54, 1.807) is 32.5 Å². The SMILES string of the molecule is COc1ccc(NC2CCCN(C(=O)c3ccnc(N)c3)C2)cc1OC. The lowest BCUT2D eigenvalue weighted by atomic mass is 10.0. The Balaban J connectivity index is 1.68. The summed E-state index contributed by atoms with van der Waals surface area (Å²) in [4.78, 5) is 18.5. The monoisotopic (exact) mass is 356 g/mol. The maximum atomic E-state index is 12.7. The minimum atomic E-state index is -0.0158. The quantitative estimate of drug-likeness (QED) is 0.855. The molecule has 7 nitrogen and oxygen atoms in total. The van der Waals surface area contributed by atoms with Gasteiger partial charge in [0.25, 0.3) is 5.91 Å². The van der Waals surface area contributed by atoms with Crippen LogP contribution in [0.4, 0.5) is 11.5 Å². The van der Waals surface area contributed by atoms with Gasteiger partial charge in [0.05, 0.1) is 14.2 Å². The normalized spacial score (nSPS) is 16.8. The molecule has 7 heteroatoms. The van der Waals surface area contributed by atoms with Gasteiger partial charge in [-0.15, -0.1) is 0 Å². The number of pyridine rings is 1. The number of nitrogens with one attached hydrogen (secondary N) is 1. The van der Waals surface area contributed by atoms with E-state index in [-0.39, 0.29) is 11.9 Å². The number of hydrogen-bond acceptors (Lipinski definition) is 6. The van der Waals surface area contributed by atoms with Crippen molar-refractivity contribution >= 4 is 17.4 Å². The third kappa shape index (κ3) is 3.99. The zero-order valence-electron chi connectivity index (χ0n) is 15.1. The first-order valence-electron chi connectivity index (χ1n) is 8.60. The molecule has 1 fully saturated rings. The van der Waals surface area contributed by atoms with Crippen LogP contribution in [0.1, 0.15) is 23.2 Å². The second-order valence-corrected chi connectivity index (χ2v) is 6.27. The van der Waals surface area contributed by atoms with E-state index >= 15 is 0 Å². The number of aromatic nitrogens is 1. The Hall–Kier alpha value is -2.96. The summed E-state index contributed by atoms with van der Waals surface area (Å²) in [5, 5.41) is 3.49. The van der Waals surface area contributed by atoms with Crippen LogP contribution >= 0.6 is 0 Å². The molecule has 26 heavy (non-hydrogen) atoms. The maximum absolute atomic E-state index is 12.7. The van der Waals surface area contributed by atoms with E-state index in [0.717, 1.165) is 25.1 Å². The molecule has 1 amide bonds. The maximum Gasteiger partial charge on any atom is 0.254 e. The smallest absolute Gasteiger partial charge is 0.254 e. The number of benzene rings is 1. The number of likely N-dealkylation sites (tertiary alicyclic amines) is 1. The number of methoxy groups -OCH3 is 2. The van der Waals surface area contributed by atoms with Crippen molar-refractivity contribution in [3.05, 3.63) is 42.1 Å². The molecule has 3 rings (SSSR count). The predicted octanol–water partition coefficient (Wildman–Crippen LogP) is 2.40. The van der Waals surface area contributed by atoms with Crippen LogP contribution in [0.2, 0.25) is 0 Å². The highest BCUT2D eigenvalue weighted by Gasteiger charge is 2.24. The van der Waals surface area contributed by atoms with Gasteiger partial charge in [-0.3, -0.25) is 4.79 Å². The summed E-state index contributed by atoms with van der Waals surface area (Å²) in [5.41, 5.74) is 7.20. The average molecular weight is 356 g/mol. The minimum absolute atomic E-state index is 0.0158. The summed E-state index contributed by atoms with van der Waals surface area (Å²) >= 11 is 0. The lowest BCUT2D eigenvalue weighted by molar-refractivity contribution is 0.0714. The fourth-order valence-corrected chi connectivity index (χ4v) is 3.21. The fourth-order valence-electron chi connectivity index (χ4n) is 3.21. The number of nitrogens with two attached hydrogens (primary N) is 1. The van der Waals surface area contributed by atoms with Crippen LogP contribution in [0.25, 0.3) is 0 Å². The molecule has 3 N–H and O–H groups in total. The zero-order chi connectivity index (χ0) is 18.5. The van der Waals surface area contributed by atoms with Crippen molar-refractivity contribution in [2.75, 3.05) is 38.4 Å². The Morgan fingerprint density at radius 2 is 2.04 bits per heavy atom. The van der Waals surface area contributed by atoms with E-state index in [0.29, 0.717) is 29.4 Å². The molecule has 0 aliphatic carbocycles. The molecule has 2 heterocycles. The van der Waals surface area contributed by atoms with Crippen molar-refractivity contribution in [2.24, 2.45) is 0 Å². The second-order valence-electron chi connectivity index (χ2n) is 6.27. The van der Waals surface area contributed by atoms with Gasteiger partial charge >= 0.3 is 0 Å². The molecule has 1 aliphatic rings. The lowest BCUT2D eigenvalue weighted by Crippen LogP contribution is -2.45. The van der Waals surface area contributed by atoms with Crippen molar-refractivity contribution in [2.45, 2.75) is 18.9 Å². The first-order chi connectivity index (χ1) is 12.6. The molecule has 0 bridgehead atoms. The van der Waals surface area contributed by atoms with Crippen LogP contribution in [-0.4, -0.2) is 49.1 Å². The molecular formula is C19H24N4O3. The summed E-state index contributed by atoms with van der Waals surface area (Å²) in [6, 6.07) is 9.21. The van der Waals surface area contributed by atoms with Crippen molar-refractivity contribution in [3.8, 4) is 11.5 Å². The number of rotatable bonds is 5. The second kappa shape index (κ2) is 7.95. The summed E-state index contributed by atoms with van der Waals surface area (Å²) in [7, 11) is 3.23. The molecule has 1 aromatic heterocycles. The number of anilines is 2. The highest BCUT2D eigenvalue weighted by Crippen LogP contribution is 2.30. The molecular weight excluding hydrogens is 332 g/mol. The van der Waals surface area contributed by atoms with E-state index in [1.807, 2.05) is 23.1 Å². The van der Waals surface area contributed by atoms with Crippen LogP contribution in [0.3, 0.4) is 0 Å². The fraction of sp³-hybridized carbons (Fsp3) is 0.368. The van der Waals surface area contributed by atoms with Crippen molar-refractivity contribution < 1.29 is 14.3 Å². The molecule has 1 aliphatic heterocycles. The van der Waals surface area contributed by atoms with Gasteiger partial charge in [-0.1, -0.05) is 0 Å². The Labute approximate surface area is 153 Å². The molecule has 0 spiro atoms. The van der Waals surface area contributed by atoms with Crippen LogP contribution < -0.4 is 20.5 Å². The summed E-state index contributed by atoms with van der Waals surface area (Å²) in [5.74, 6) is 1.70. The van der Waals surface area contributed by atoms with Crippen LogP contribution in [0.5, 0.6) is 11.5 Å². The van der Waals surface area contributed by atoms with Gasteiger partial charge < -0.3 is 25.4 Å². The van der Waals surface area contributed by atoms with Gasteiger partial charge in [0.15, 0.2) is 11.5 Å². The number of amides is 1. The number of hydrogen-bond donors (Lipinski definition) is 2. The molecule has 1 atom stereocenters. The summed E-state index contributed by atoms with van der Waals surface area (Å²) in [6.07, 6.45) is 3.50. The standard InChI is InChI=1S/C19H24N4O3/c1-25-16-6-5-14(11-17(16)26-2)22-15-4-3-9-23(12-15)19(24)13-7-8-21-18(20)10-13/h5-8,10-11,15,22H,3-4,9,12H2,1-2H3,(H2,20,21). The van der Waals surface area contributed by atoms with Crippen molar-refractivity contribution in [3.63, 3.8) is 0 Å². The van der Waals surface area contributed by atoms with Crippen molar-refractivity contribution in [1.82, 2.24) is 9.88 Å². The third-order valence-electron chi connectivity index (χ3n) is 4.49. The number of nitrogen functional groups attached to an aromatic ring is 1. The van der Waals surface area contributed by atoms with E-state index < -0.39 is 0 Å². The average Bonchev–Trinajstić information content (AvgIpc) is 2.67. The van der Waals surface area contributed by atoms with Gasteiger partial charge in [0.2, 0.25) is 0 Å². The zero-order valence-corrected chi connectivity index (χ0v) is 15.1. The first kappa shape index (κ1) is 17.8. The molecule has 1 unspecified atom stereocenters. The van der Waals surface area contributed by atoms with Crippen LogP contribution in [0, 0.1) is 0 Å². The van der Waals surface area contributed by atoms with E-state index in [4.69, 9.17) is 15.2 Å². The highest BCUT2D eigenvalue weighted by molar-refractivity contribution is 5.94. The molecule has 138 valence electrons. The largest absolute Gasteiger partial charge is 0.493 e. The van der Waals surface area contributed by atoms with Gasteiger partial charge in [0.1, 0.15) is 5.82 Å². The summed E-state index contributed by atoms with van der Waals surface area (Å²) < 4.78 is 10.6. The first-order valence-corrected chi connectivity index (χ1v) is 8.60. The number of carbonyl (C=O) groups excluding carboxylic acids is 1. The minimum Gasteiger partial charge on any atom is -0.493 e. The van der Waals surface area contributed by atoms with E-state index in [9.17, 15) is 4.79 Å². The Morgan fingerprint density at radius 3 is 2.77 bits per heavy atom. The third-order valence-corrected chi connectivity index (χ3v) is 4.49. The number of nitrogens with zero attached hydrogens (tertiary/aromatic N) is 2.